The van der Waals surface area contributed by atoms with E-state index >= 15 is 0 Å². The Morgan fingerprint density at radius 2 is 2.12 bits per heavy atom. The number of morpholine rings is 1. The van der Waals surface area contributed by atoms with Gasteiger partial charge in [-0.05, 0) is 0 Å². The summed E-state index contributed by atoms with van der Waals surface area (Å²) in [7, 11) is -3.99. The summed E-state index contributed by atoms with van der Waals surface area (Å²) in [4.78, 5) is 12.2. The molecule has 0 radical (unpaired) electrons. The van der Waals surface area contributed by atoms with Gasteiger partial charge in [0.1, 0.15) is 0 Å². The first-order valence-corrected chi connectivity index (χ1v) is 6.51. The lowest BCUT2D eigenvalue weighted by Crippen LogP contribution is -2.38. The van der Waals surface area contributed by atoms with E-state index in [0.29, 0.717) is 26.3 Å². The number of hydrogen-bond donors (Lipinski definition) is 1. The zero-order chi connectivity index (χ0) is 12.5. The molecule has 0 aromatic carbocycles. The fourth-order valence-corrected chi connectivity index (χ4v) is 2.81. The van der Waals surface area contributed by atoms with E-state index < -0.39 is 20.9 Å². The van der Waals surface area contributed by atoms with Gasteiger partial charge in [0.15, 0.2) is 4.91 Å². The molecule has 0 atom stereocenters. The lowest BCUT2D eigenvalue weighted by Gasteiger charge is -2.26. The van der Waals surface area contributed by atoms with Crippen LogP contribution in [0.15, 0.2) is 14.9 Å². The van der Waals surface area contributed by atoms with Gasteiger partial charge in [-0.15, -0.1) is 0 Å². The molecular weight excluding hydrogens is 248 g/mol. The van der Waals surface area contributed by atoms with Crippen molar-refractivity contribution in [2.75, 3.05) is 32.8 Å². The predicted molar refractivity (Wildman–Crippen MR) is 59.3 cm³/mol. The van der Waals surface area contributed by atoms with Gasteiger partial charge in [0.25, 0.3) is 10.0 Å². The van der Waals surface area contributed by atoms with E-state index in [9.17, 15) is 13.2 Å². The Morgan fingerprint density at radius 1 is 1.47 bits per heavy atom. The Kier molecular flexibility index (Phi) is 3.27. The standard InChI is InChI=1S/C9H12N2O5S/c12-9(13)8-7(5-10-17(8,14)15)6-11-1-3-16-4-2-11/h5H,1-4,6H2,(H,12,13). The van der Waals surface area contributed by atoms with Gasteiger partial charge in [0.05, 0.1) is 13.2 Å². The molecule has 0 spiro atoms. The van der Waals surface area contributed by atoms with Gasteiger partial charge in [0, 0.05) is 31.4 Å². The number of aliphatic carboxylic acids is 1. The molecule has 1 N–H and O–H groups in total. The molecule has 1 fully saturated rings. The van der Waals surface area contributed by atoms with Gasteiger partial charge in [0.2, 0.25) is 0 Å². The van der Waals surface area contributed by atoms with Crippen molar-refractivity contribution in [3.8, 4) is 0 Å². The van der Waals surface area contributed by atoms with Gasteiger partial charge in [-0.1, -0.05) is 0 Å². The molecule has 2 aliphatic rings. The molecular formula is C9H12N2O5S. The van der Waals surface area contributed by atoms with Crippen LogP contribution in [-0.2, 0) is 19.6 Å². The van der Waals surface area contributed by atoms with E-state index in [-0.39, 0.29) is 12.1 Å². The molecule has 0 amide bonds. The highest BCUT2D eigenvalue weighted by Gasteiger charge is 2.32. The van der Waals surface area contributed by atoms with Crippen LogP contribution in [0.5, 0.6) is 0 Å². The van der Waals surface area contributed by atoms with Crippen LogP contribution in [0, 0.1) is 0 Å². The molecule has 0 bridgehead atoms. The summed E-state index contributed by atoms with van der Waals surface area (Å²) >= 11 is 0. The summed E-state index contributed by atoms with van der Waals surface area (Å²) in [6, 6.07) is 0. The highest BCUT2D eigenvalue weighted by Crippen LogP contribution is 2.21. The molecule has 17 heavy (non-hydrogen) atoms. The maximum Gasteiger partial charge on any atom is 0.349 e. The molecule has 94 valence electrons. The van der Waals surface area contributed by atoms with Gasteiger partial charge in [-0.25, -0.2) is 4.79 Å². The second-order valence-electron chi connectivity index (χ2n) is 3.76. The van der Waals surface area contributed by atoms with E-state index in [1.54, 1.807) is 0 Å². The van der Waals surface area contributed by atoms with E-state index in [1.807, 2.05) is 4.90 Å². The Balaban J connectivity index is 2.21. The average molecular weight is 260 g/mol. The van der Waals surface area contributed by atoms with Crippen LogP contribution in [0.2, 0.25) is 0 Å². The molecule has 8 heteroatoms. The first kappa shape index (κ1) is 12.2. The van der Waals surface area contributed by atoms with Crippen LogP contribution >= 0.6 is 0 Å². The van der Waals surface area contributed by atoms with Crippen molar-refractivity contribution in [3.05, 3.63) is 10.5 Å². The molecule has 1 saturated heterocycles. The number of sulfonamides is 1. The lowest BCUT2D eigenvalue weighted by molar-refractivity contribution is -0.131. The van der Waals surface area contributed by atoms with Crippen molar-refractivity contribution in [3.63, 3.8) is 0 Å². The minimum atomic E-state index is -3.99. The Labute approximate surface area is 98.4 Å². The minimum Gasteiger partial charge on any atom is -0.477 e. The summed E-state index contributed by atoms with van der Waals surface area (Å²) in [5, 5.41) is 8.89. The average Bonchev–Trinajstić information content (AvgIpc) is 2.55. The summed E-state index contributed by atoms with van der Waals surface area (Å²) in [6.45, 7) is 2.72. The van der Waals surface area contributed by atoms with Crippen LogP contribution < -0.4 is 0 Å². The van der Waals surface area contributed by atoms with E-state index in [4.69, 9.17) is 9.84 Å². The maximum absolute atomic E-state index is 11.4. The summed E-state index contributed by atoms with van der Waals surface area (Å²) in [6.07, 6.45) is 1.12. The zero-order valence-corrected chi connectivity index (χ0v) is 9.81. The molecule has 0 saturated carbocycles. The van der Waals surface area contributed by atoms with Gasteiger partial charge in [-0.3, -0.25) is 4.90 Å². The van der Waals surface area contributed by atoms with E-state index in [1.165, 1.54) is 0 Å². The van der Waals surface area contributed by atoms with Crippen LogP contribution in [0.25, 0.3) is 0 Å². The number of carbonyl (C=O) groups is 1. The van der Waals surface area contributed by atoms with Gasteiger partial charge >= 0.3 is 5.97 Å². The van der Waals surface area contributed by atoms with Crippen molar-refractivity contribution < 1.29 is 23.1 Å². The van der Waals surface area contributed by atoms with Crippen LogP contribution in [0.3, 0.4) is 0 Å². The summed E-state index contributed by atoms with van der Waals surface area (Å²) < 4.78 is 31.2. The van der Waals surface area contributed by atoms with Crippen molar-refractivity contribution in [2.45, 2.75) is 0 Å². The number of nitrogens with zero attached hydrogens (tertiary/aromatic N) is 2. The summed E-state index contributed by atoms with van der Waals surface area (Å²) in [5.74, 6) is -1.45. The Bertz CT molecular complexity index is 488. The molecule has 2 heterocycles. The first-order chi connectivity index (χ1) is 8.00. The molecule has 7 nitrogen and oxygen atoms in total. The van der Waals surface area contributed by atoms with Crippen molar-refractivity contribution in [1.82, 2.24) is 4.90 Å². The number of ether oxygens (including phenoxy) is 1. The zero-order valence-electron chi connectivity index (χ0n) is 9.00. The quantitative estimate of drug-likeness (QED) is 0.704. The van der Waals surface area contributed by atoms with Crippen LogP contribution in [0.1, 0.15) is 0 Å². The molecule has 0 aliphatic carbocycles. The van der Waals surface area contributed by atoms with Crippen molar-refractivity contribution in [2.24, 2.45) is 4.40 Å². The topological polar surface area (TPSA) is 96.3 Å². The molecule has 2 rings (SSSR count). The monoisotopic (exact) mass is 260 g/mol. The second kappa shape index (κ2) is 4.55. The molecule has 0 aromatic rings. The molecule has 0 unspecified atom stereocenters. The largest absolute Gasteiger partial charge is 0.477 e. The third-order valence-electron chi connectivity index (χ3n) is 2.59. The SMILES string of the molecule is O=C(O)C1=C(CN2CCOCC2)C=NS1(=O)=O. The molecule has 0 aromatic heterocycles. The number of rotatable bonds is 3. The third kappa shape index (κ3) is 2.54. The van der Waals surface area contributed by atoms with Gasteiger partial charge < -0.3 is 9.84 Å². The first-order valence-electron chi connectivity index (χ1n) is 5.07. The minimum absolute atomic E-state index is 0.236. The highest BCUT2D eigenvalue weighted by atomic mass is 32.2. The fraction of sp³-hybridized carbons (Fsp3) is 0.556. The Morgan fingerprint density at radius 3 is 2.71 bits per heavy atom. The second-order valence-corrected chi connectivity index (χ2v) is 5.33. The lowest BCUT2D eigenvalue weighted by atomic mass is 10.2. The van der Waals surface area contributed by atoms with Crippen LogP contribution in [0.4, 0.5) is 0 Å². The highest BCUT2D eigenvalue weighted by molar-refractivity contribution is 7.95. The fourth-order valence-electron chi connectivity index (χ4n) is 1.77. The van der Waals surface area contributed by atoms with Gasteiger partial charge in [-0.2, -0.15) is 12.8 Å². The normalized spacial score (nSPS) is 24.2. The van der Waals surface area contributed by atoms with Crippen molar-refractivity contribution in [1.29, 1.82) is 0 Å². The number of carboxylic acids is 1. The number of carboxylic acid groups (broad SMARTS) is 1. The maximum atomic E-state index is 11.4. The van der Waals surface area contributed by atoms with E-state index in [0.717, 1.165) is 6.21 Å². The van der Waals surface area contributed by atoms with E-state index in [2.05, 4.69) is 4.40 Å². The Hall–Kier alpha value is -1.25. The smallest absolute Gasteiger partial charge is 0.349 e. The third-order valence-corrected chi connectivity index (χ3v) is 3.92. The molecule has 2 aliphatic heterocycles. The van der Waals surface area contributed by atoms with Crippen LogP contribution in [-0.4, -0.2) is 63.5 Å². The summed E-state index contributed by atoms with van der Waals surface area (Å²) in [5.41, 5.74) is 0.236. The van der Waals surface area contributed by atoms with Crippen molar-refractivity contribution >= 4 is 22.2 Å². The number of hydrogen-bond acceptors (Lipinski definition) is 5. The predicted octanol–water partition coefficient (Wildman–Crippen LogP) is -0.928.